The highest BCUT2D eigenvalue weighted by molar-refractivity contribution is 6.18. The second kappa shape index (κ2) is 6.36. The fourth-order valence-corrected chi connectivity index (χ4v) is 2.37. The molecule has 8 heteroatoms. The SMILES string of the molecule is CC1COC(CCl)CN1C(=O)c1cc(F)ccc1[N+](=O)[O-]. The van der Waals surface area contributed by atoms with Gasteiger partial charge in [-0.2, -0.15) is 0 Å². The Labute approximate surface area is 125 Å². The van der Waals surface area contributed by atoms with Crippen molar-refractivity contribution in [1.82, 2.24) is 4.90 Å². The average Bonchev–Trinajstić information content (AvgIpc) is 2.46. The average molecular weight is 317 g/mol. The maximum Gasteiger partial charge on any atom is 0.282 e. The highest BCUT2D eigenvalue weighted by atomic mass is 35.5. The molecular formula is C13H14ClFN2O4. The highest BCUT2D eigenvalue weighted by Gasteiger charge is 2.33. The standard InChI is InChI=1S/C13H14ClFN2O4/c1-8-7-21-10(5-14)6-16(8)13(18)11-4-9(15)2-3-12(11)17(19)20/h2-4,8,10H,5-7H2,1H3. The Morgan fingerprint density at radius 2 is 2.33 bits per heavy atom. The van der Waals surface area contributed by atoms with Crippen LogP contribution in [0.3, 0.4) is 0 Å². The first kappa shape index (κ1) is 15.7. The number of nitro benzene ring substituents is 1. The van der Waals surface area contributed by atoms with Gasteiger partial charge in [0, 0.05) is 12.6 Å². The number of alkyl halides is 1. The lowest BCUT2D eigenvalue weighted by molar-refractivity contribution is -0.385. The van der Waals surface area contributed by atoms with Gasteiger partial charge in [-0.25, -0.2) is 4.39 Å². The molecule has 1 amide bonds. The number of nitrogens with zero attached hydrogens (tertiary/aromatic N) is 2. The van der Waals surface area contributed by atoms with Gasteiger partial charge in [0.1, 0.15) is 11.4 Å². The molecule has 1 heterocycles. The number of halogens is 2. The molecule has 0 saturated carbocycles. The molecule has 0 bridgehead atoms. The Morgan fingerprint density at radius 1 is 1.62 bits per heavy atom. The molecular weight excluding hydrogens is 303 g/mol. The van der Waals surface area contributed by atoms with Gasteiger partial charge in [0.15, 0.2) is 0 Å². The molecule has 6 nitrogen and oxygen atoms in total. The van der Waals surface area contributed by atoms with Crippen molar-refractivity contribution in [3.05, 3.63) is 39.7 Å². The molecule has 0 radical (unpaired) electrons. The number of ether oxygens (including phenoxy) is 1. The first-order chi connectivity index (χ1) is 9.93. The quantitative estimate of drug-likeness (QED) is 0.487. The third kappa shape index (κ3) is 3.30. The summed E-state index contributed by atoms with van der Waals surface area (Å²) in [5, 5.41) is 11.0. The molecule has 1 fully saturated rings. The predicted octanol–water partition coefficient (Wildman–Crippen LogP) is 2.20. The van der Waals surface area contributed by atoms with E-state index in [1.54, 1.807) is 6.92 Å². The van der Waals surface area contributed by atoms with Gasteiger partial charge in [-0.1, -0.05) is 0 Å². The van der Waals surface area contributed by atoms with Crippen LogP contribution in [0.25, 0.3) is 0 Å². The van der Waals surface area contributed by atoms with Gasteiger partial charge in [-0.15, -0.1) is 11.6 Å². The smallest absolute Gasteiger partial charge is 0.282 e. The summed E-state index contributed by atoms with van der Waals surface area (Å²) in [5.74, 6) is -1.08. The molecule has 2 atom stereocenters. The molecule has 1 saturated heterocycles. The molecule has 0 aliphatic carbocycles. The zero-order chi connectivity index (χ0) is 15.6. The van der Waals surface area contributed by atoms with E-state index in [1.807, 2.05) is 0 Å². The van der Waals surface area contributed by atoms with Crippen molar-refractivity contribution in [3.63, 3.8) is 0 Å². The van der Waals surface area contributed by atoms with Crippen molar-refractivity contribution in [2.24, 2.45) is 0 Å². The minimum Gasteiger partial charge on any atom is -0.373 e. The van der Waals surface area contributed by atoms with E-state index >= 15 is 0 Å². The maximum absolute atomic E-state index is 13.3. The topological polar surface area (TPSA) is 72.7 Å². The lowest BCUT2D eigenvalue weighted by Gasteiger charge is -2.37. The number of morpholine rings is 1. The summed E-state index contributed by atoms with van der Waals surface area (Å²) < 4.78 is 18.8. The molecule has 1 aliphatic heterocycles. The van der Waals surface area contributed by atoms with Gasteiger partial charge in [-0.05, 0) is 19.1 Å². The number of hydrogen-bond donors (Lipinski definition) is 0. The molecule has 1 aliphatic rings. The summed E-state index contributed by atoms with van der Waals surface area (Å²) >= 11 is 5.72. The van der Waals surface area contributed by atoms with Crippen LogP contribution >= 0.6 is 11.6 Å². The van der Waals surface area contributed by atoms with Crippen molar-refractivity contribution in [1.29, 1.82) is 0 Å². The fourth-order valence-electron chi connectivity index (χ4n) is 2.19. The van der Waals surface area contributed by atoms with Crippen LogP contribution in [0, 0.1) is 15.9 Å². The molecule has 0 spiro atoms. The molecule has 2 rings (SSSR count). The van der Waals surface area contributed by atoms with Gasteiger partial charge in [0.2, 0.25) is 0 Å². The Balaban J connectivity index is 2.34. The van der Waals surface area contributed by atoms with Crippen LogP contribution in [-0.2, 0) is 4.74 Å². The Kier molecular flexibility index (Phi) is 4.74. The van der Waals surface area contributed by atoms with Crippen LogP contribution in [0.1, 0.15) is 17.3 Å². The van der Waals surface area contributed by atoms with E-state index in [9.17, 15) is 19.3 Å². The van der Waals surface area contributed by atoms with E-state index in [1.165, 1.54) is 4.90 Å². The summed E-state index contributed by atoms with van der Waals surface area (Å²) in [6, 6.07) is 2.57. The number of amides is 1. The number of carbonyl (C=O) groups excluding carboxylic acids is 1. The molecule has 0 N–H and O–H groups in total. The first-order valence-corrected chi connectivity index (χ1v) is 6.90. The van der Waals surface area contributed by atoms with E-state index in [0.29, 0.717) is 0 Å². The summed E-state index contributed by atoms with van der Waals surface area (Å²) in [4.78, 5) is 24.2. The first-order valence-electron chi connectivity index (χ1n) is 6.36. The normalized spacial score (nSPS) is 22.1. The lowest BCUT2D eigenvalue weighted by atomic mass is 10.1. The van der Waals surface area contributed by atoms with Crippen molar-refractivity contribution < 1.29 is 18.8 Å². The van der Waals surface area contributed by atoms with Gasteiger partial charge in [-0.3, -0.25) is 14.9 Å². The van der Waals surface area contributed by atoms with E-state index in [2.05, 4.69) is 0 Å². The molecule has 0 aromatic heterocycles. The largest absolute Gasteiger partial charge is 0.373 e. The molecule has 114 valence electrons. The van der Waals surface area contributed by atoms with Crippen LogP contribution in [0.5, 0.6) is 0 Å². The molecule has 2 unspecified atom stereocenters. The number of rotatable bonds is 3. The van der Waals surface area contributed by atoms with Crippen molar-refractivity contribution in [2.45, 2.75) is 19.1 Å². The predicted molar refractivity (Wildman–Crippen MR) is 74.0 cm³/mol. The number of hydrogen-bond acceptors (Lipinski definition) is 4. The van der Waals surface area contributed by atoms with Gasteiger partial charge >= 0.3 is 0 Å². The minimum absolute atomic E-state index is 0.210. The second-order valence-corrected chi connectivity index (χ2v) is 5.14. The molecule has 1 aromatic carbocycles. The van der Waals surface area contributed by atoms with E-state index in [4.69, 9.17) is 16.3 Å². The Bertz CT molecular complexity index is 569. The highest BCUT2D eigenvalue weighted by Crippen LogP contribution is 2.24. The summed E-state index contributed by atoms with van der Waals surface area (Å²) in [5.41, 5.74) is -0.676. The van der Waals surface area contributed by atoms with Gasteiger partial charge in [0.25, 0.3) is 11.6 Å². The van der Waals surface area contributed by atoms with Crippen LogP contribution in [0.4, 0.5) is 10.1 Å². The van der Waals surface area contributed by atoms with Crippen molar-refractivity contribution in [3.8, 4) is 0 Å². The fraction of sp³-hybridized carbons (Fsp3) is 0.462. The molecule has 21 heavy (non-hydrogen) atoms. The zero-order valence-electron chi connectivity index (χ0n) is 11.3. The van der Waals surface area contributed by atoms with Crippen molar-refractivity contribution >= 4 is 23.2 Å². The third-order valence-corrected chi connectivity index (χ3v) is 3.67. The van der Waals surface area contributed by atoms with Crippen LogP contribution in [-0.4, -0.2) is 46.9 Å². The van der Waals surface area contributed by atoms with Crippen LogP contribution in [0.15, 0.2) is 18.2 Å². The van der Waals surface area contributed by atoms with Crippen LogP contribution < -0.4 is 0 Å². The van der Waals surface area contributed by atoms with Gasteiger partial charge < -0.3 is 9.64 Å². The van der Waals surface area contributed by atoms with Gasteiger partial charge in [0.05, 0.1) is 29.6 Å². The van der Waals surface area contributed by atoms with E-state index < -0.39 is 22.3 Å². The zero-order valence-corrected chi connectivity index (χ0v) is 12.0. The third-order valence-electron chi connectivity index (χ3n) is 3.32. The van der Waals surface area contributed by atoms with E-state index in [-0.39, 0.29) is 36.7 Å². The Morgan fingerprint density at radius 3 is 2.95 bits per heavy atom. The van der Waals surface area contributed by atoms with Crippen molar-refractivity contribution in [2.75, 3.05) is 19.0 Å². The number of carbonyl (C=O) groups is 1. The lowest BCUT2D eigenvalue weighted by Crippen LogP contribution is -2.51. The summed E-state index contributed by atoms with van der Waals surface area (Å²) in [6.45, 7) is 2.26. The monoisotopic (exact) mass is 316 g/mol. The summed E-state index contributed by atoms with van der Waals surface area (Å²) in [7, 11) is 0. The second-order valence-electron chi connectivity index (χ2n) is 4.83. The summed E-state index contributed by atoms with van der Waals surface area (Å²) in [6.07, 6.45) is -0.334. The minimum atomic E-state index is -0.698. The number of benzene rings is 1. The maximum atomic E-state index is 13.3. The number of nitro groups is 1. The Hall–Kier alpha value is -1.73. The van der Waals surface area contributed by atoms with E-state index in [0.717, 1.165) is 18.2 Å². The molecule has 1 aromatic rings. The van der Waals surface area contributed by atoms with Crippen LogP contribution in [0.2, 0.25) is 0 Å².